The van der Waals surface area contributed by atoms with Gasteiger partial charge >= 0.3 is 5.97 Å². The summed E-state index contributed by atoms with van der Waals surface area (Å²) in [4.78, 5) is 24.1. The summed E-state index contributed by atoms with van der Waals surface area (Å²) in [6.07, 6.45) is 0. The molecule has 146 valence electrons. The van der Waals surface area contributed by atoms with Gasteiger partial charge in [-0.3, -0.25) is 4.79 Å². The highest BCUT2D eigenvalue weighted by Crippen LogP contribution is 2.28. The minimum atomic E-state index is -3.90. The van der Waals surface area contributed by atoms with Gasteiger partial charge in [0.25, 0.3) is 5.91 Å². The maximum absolute atomic E-state index is 12.2. The molecule has 8 nitrogen and oxygen atoms in total. The van der Waals surface area contributed by atoms with Gasteiger partial charge in [0.1, 0.15) is 5.58 Å². The molecule has 0 spiro atoms. The van der Waals surface area contributed by atoms with Crippen molar-refractivity contribution in [2.45, 2.75) is 11.8 Å². The Balaban J connectivity index is 1.67. The van der Waals surface area contributed by atoms with Gasteiger partial charge in [0.05, 0.1) is 4.90 Å². The zero-order valence-corrected chi connectivity index (χ0v) is 16.1. The van der Waals surface area contributed by atoms with Gasteiger partial charge < -0.3 is 14.5 Å². The van der Waals surface area contributed by atoms with Gasteiger partial charge in [-0.1, -0.05) is 17.7 Å². The van der Waals surface area contributed by atoms with Crippen LogP contribution in [0.15, 0.2) is 51.8 Å². The predicted octanol–water partition coefficient (Wildman–Crippen LogP) is 2.84. The molecule has 3 aromatic rings. The number of aryl methyl sites for hydroxylation is 1. The number of hydrogen-bond donors (Lipinski definition) is 2. The van der Waals surface area contributed by atoms with Crippen LogP contribution in [-0.2, 0) is 19.6 Å². The van der Waals surface area contributed by atoms with Gasteiger partial charge in [0.2, 0.25) is 15.8 Å². The Kier molecular flexibility index (Phi) is 5.41. The van der Waals surface area contributed by atoms with Crippen molar-refractivity contribution in [1.29, 1.82) is 0 Å². The van der Waals surface area contributed by atoms with E-state index < -0.39 is 28.5 Å². The number of amides is 1. The molecule has 0 unspecified atom stereocenters. The predicted molar refractivity (Wildman–Crippen MR) is 103 cm³/mol. The fourth-order valence-electron chi connectivity index (χ4n) is 2.53. The molecule has 1 heterocycles. The van der Waals surface area contributed by atoms with Crippen LogP contribution >= 0.6 is 11.6 Å². The van der Waals surface area contributed by atoms with E-state index in [1.54, 1.807) is 25.1 Å². The molecule has 0 aliphatic heterocycles. The SMILES string of the molecule is Cc1c(C(=O)OCC(=O)Nc2cccc(S(N)(=O)=O)c2)oc2ccc(Cl)cc12. The van der Waals surface area contributed by atoms with E-state index in [9.17, 15) is 18.0 Å². The Morgan fingerprint density at radius 1 is 1.21 bits per heavy atom. The highest BCUT2D eigenvalue weighted by molar-refractivity contribution is 7.89. The zero-order valence-electron chi connectivity index (χ0n) is 14.6. The molecule has 0 saturated heterocycles. The highest BCUT2D eigenvalue weighted by atomic mass is 35.5. The van der Waals surface area contributed by atoms with E-state index in [0.717, 1.165) is 0 Å². The van der Waals surface area contributed by atoms with E-state index in [1.807, 2.05) is 0 Å². The number of carbonyl (C=O) groups excluding carboxylic acids is 2. The lowest BCUT2D eigenvalue weighted by molar-refractivity contribution is -0.119. The van der Waals surface area contributed by atoms with Crippen LogP contribution in [0.5, 0.6) is 0 Å². The van der Waals surface area contributed by atoms with Crippen molar-refractivity contribution < 1.29 is 27.2 Å². The van der Waals surface area contributed by atoms with Gasteiger partial charge in [-0.05, 0) is 43.3 Å². The summed E-state index contributed by atoms with van der Waals surface area (Å²) in [5, 5.41) is 8.64. The number of ether oxygens (including phenoxy) is 1. The van der Waals surface area contributed by atoms with Crippen molar-refractivity contribution >= 4 is 50.2 Å². The summed E-state index contributed by atoms with van der Waals surface area (Å²) >= 11 is 5.94. The molecule has 0 atom stereocenters. The number of esters is 1. The van der Waals surface area contributed by atoms with Crippen molar-refractivity contribution in [3.63, 3.8) is 0 Å². The number of carbonyl (C=O) groups is 2. The van der Waals surface area contributed by atoms with Gasteiger partial charge in [0.15, 0.2) is 6.61 Å². The summed E-state index contributed by atoms with van der Waals surface area (Å²) in [5.74, 6) is -1.49. The normalized spacial score (nSPS) is 11.4. The largest absolute Gasteiger partial charge is 0.450 e. The number of nitrogens with one attached hydrogen (secondary N) is 1. The maximum Gasteiger partial charge on any atom is 0.375 e. The zero-order chi connectivity index (χ0) is 20.5. The monoisotopic (exact) mass is 422 g/mol. The lowest BCUT2D eigenvalue weighted by Gasteiger charge is -2.07. The minimum Gasteiger partial charge on any atom is -0.450 e. The highest BCUT2D eigenvalue weighted by Gasteiger charge is 2.20. The molecular formula is C18H15ClN2O6S. The molecule has 1 amide bonds. The Bertz CT molecular complexity index is 1190. The second-order valence-corrected chi connectivity index (χ2v) is 7.89. The third-order valence-electron chi connectivity index (χ3n) is 3.86. The van der Waals surface area contributed by atoms with Crippen LogP contribution in [0.25, 0.3) is 11.0 Å². The van der Waals surface area contributed by atoms with Gasteiger partial charge in [-0.2, -0.15) is 0 Å². The Morgan fingerprint density at radius 3 is 2.68 bits per heavy atom. The number of primary sulfonamides is 1. The minimum absolute atomic E-state index is 0.0266. The first-order valence-corrected chi connectivity index (χ1v) is 9.86. The topological polar surface area (TPSA) is 129 Å². The molecule has 0 radical (unpaired) electrons. The molecule has 0 bridgehead atoms. The third kappa shape index (κ3) is 4.33. The average molecular weight is 423 g/mol. The number of rotatable bonds is 5. The number of hydrogen-bond acceptors (Lipinski definition) is 6. The fourth-order valence-corrected chi connectivity index (χ4v) is 3.26. The number of benzene rings is 2. The summed E-state index contributed by atoms with van der Waals surface area (Å²) in [6.45, 7) is 1.09. The first-order chi connectivity index (χ1) is 13.1. The van der Waals surface area contributed by atoms with Crippen molar-refractivity contribution in [3.05, 3.63) is 58.8 Å². The Labute approximate surface area is 165 Å². The number of furan rings is 1. The van der Waals surface area contributed by atoms with Crippen LogP contribution in [-0.4, -0.2) is 26.9 Å². The van der Waals surface area contributed by atoms with Crippen LogP contribution in [0.3, 0.4) is 0 Å². The van der Waals surface area contributed by atoms with Crippen molar-refractivity contribution in [1.82, 2.24) is 0 Å². The smallest absolute Gasteiger partial charge is 0.375 e. The van der Waals surface area contributed by atoms with Gasteiger partial charge in [-0.25, -0.2) is 18.4 Å². The molecule has 0 saturated carbocycles. The van der Waals surface area contributed by atoms with E-state index in [-0.39, 0.29) is 16.3 Å². The Morgan fingerprint density at radius 2 is 1.96 bits per heavy atom. The molecule has 3 rings (SSSR count). The van der Waals surface area contributed by atoms with E-state index in [2.05, 4.69) is 5.32 Å². The summed E-state index contributed by atoms with van der Waals surface area (Å²) in [5.41, 5.74) is 1.21. The quantitative estimate of drug-likeness (QED) is 0.608. The lowest BCUT2D eigenvalue weighted by atomic mass is 10.1. The van der Waals surface area contributed by atoms with Crippen LogP contribution in [0.4, 0.5) is 5.69 Å². The van der Waals surface area contributed by atoms with Crippen molar-refractivity contribution in [3.8, 4) is 0 Å². The molecule has 10 heteroatoms. The van der Waals surface area contributed by atoms with Gasteiger partial charge in [-0.15, -0.1) is 0 Å². The molecule has 2 aromatic carbocycles. The second kappa shape index (κ2) is 7.63. The lowest BCUT2D eigenvalue weighted by Crippen LogP contribution is -2.21. The Hall–Kier alpha value is -2.88. The molecule has 0 aliphatic rings. The average Bonchev–Trinajstić information content (AvgIpc) is 2.95. The van der Waals surface area contributed by atoms with E-state index in [4.69, 9.17) is 25.9 Å². The number of fused-ring (bicyclic) bond motifs is 1. The van der Waals surface area contributed by atoms with Crippen LogP contribution < -0.4 is 10.5 Å². The van der Waals surface area contributed by atoms with E-state index in [1.165, 1.54) is 24.3 Å². The van der Waals surface area contributed by atoms with Crippen LogP contribution in [0.1, 0.15) is 16.1 Å². The van der Waals surface area contributed by atoms with Gasteiger partial charge in [0, 0.05) is 21.7 Å². The molecule has 0 aliphatic carbocycles. The fraction of sp³-hybridized carbons (Fsp3) is 0.111. The number of sulfonamides is 1. The maximum atomic E-state index is 12.2. The van der Waals surface area contributed by atoms with Crippen molar-refractivity contribution in [2.75, 3.05) is 11.9 Å². The number of anilines is 1. The molecule has 3 N–H and O–H groups in total. The van der Waals surface area contributed by atoms with E-state index >= 15 is 0 Å². The summed E-state index contributed by atoms with van der Waals surface area (Å²) in [7, 11) is -3.90. The summed E-state index contributed by atoms with van der Waals surface area (Å²) < 4.78 is 33.1. The number of halogens is 1. The second-order valence-electron chi connectivity index (χ2n) is 5.89. The number of nitrogens with two attached hydrogens (primary N) is 1. The van der Waals surface area contributed by atoms with Crippen LogP contribution in [0, 0.1) is 6.92 Å². The third-order valence-corrected chi connectivity index (χ3v) is 5.01. The molecular weight excluding hydrogens is 408 g/mol. The van der Waals surface area contributed by atoms with E-state index in [0.29, 0.717) is 21.6 Å². The molecule has 28 heavy (non-hydrogen) atoms. The molecule has 1 aromatic heterocycles. The standard InChI is InChI=1S/C18H15ClN2O6S/c1-10-14-7-11(19)5-6-15(14)27-17(10)18(23)26-9-16(22)21-12-3-2-4-13(8-12)28(20,24)25/h2-8H,9H2,1H3,(H,21,22)(H2,20,24,25). The van der Waals surface area contributed by atoms with Crippen LogP contribution in [0.2, 0.25) is 5.02 Å². The summed E-state index contributed by atoms with van der Waals surface area (Å²) in [6, 6.07) is 10.3. The first kappa shape index (κ1) is 19.9. The first-order valence-electron chi connectivity index (χ1n) is 7.93. The van der Waals surface area contributed by atoms with Crippen molar-refractivity contribution in [2.24, 2.45) is 5.14 Å². The molecule has 0 fully saturated rings.